The van der Waals surface area contributed by atoms with Crippen molar-refractivity contribution in [3.8, 4) is 0 Å². The highest BCUT2D eigenvalue weighted by molar-refractivity contribution is 6.20. The van der Waals surface area contributed by atoms with Crippen molar-refractivity contribution in [3.05, 3.63) is 47.5 Å². The molecule has 0 aliphatic carbocycles. The average molecular weight is 264 g/mol. The third-order valence-corrected chi connectivity index (χ3v) is 4.18. The molecule has 0 aromatic heterocycles. The summed E-state index contributed by atoms with van der Waals surface area (Å²) in [5.41, 5.74) is 17.2. The van der Waals surface area contributed by atoms with Gasteiger partial charge in [-0.1, -0.05) is 50.2 Å². The summed E-state index contributed by atoms with van der Waals surface area (Å²) < 4.78 is 0. The SMILES string of the molecule is CCc1cccc2c(N)c3c(CC)cccc3c(N)c12. The smallest absolute Gasteiger partial charge is 0.0477 e. The highest BCUT2D eigenvalue weighted by Gasteiger charge is 2.14. The zero-order chi connectivity index (χ0) is 14.3. The van der Waals surface area contributed by atoms with Gasteiger partial charge in [-0.2, -0.15) is 0 Å². The molecule has 0 bridgehead atoms. The monoisotopic (exact) mass is 264 g/mol. The van der Waals surface area contributed by atoms with E-state index in [0.29, 0.717) is 0 Å². The van der Waals surface area contributed by atoms with E-state index in [0.717, 1.165) is 45.8 Å². The van der Waals surface area contributed by atoms with Crippen molar-refractivity contribution in [2.45, 2.75) is 26.7 Å². The Morgan fingerprint density at radius 2 is 1.10 bits per heavy atom. The number of rotatable bonds is 2. The van der Waals surface area contributed by atoms with Crippen molar-refractivity contribution in [3.63, 3.8) is 0 Å². The van der Waals surface area contributed by atoms with Crippen molar-refractivity contribution < 1.29 is 0 Å². The van der Waals surface area contributed by atoms with Crippen LogP contribution in [0.25, 0.3) is 21.5 Å². The summed E-state index contributed by atoms with van der Waals surface area (Å²) in [4.78, 5) is 0. The fourth-order valence-electron chi connectivity index (χ4n) is 3.14. The number of hydrogen-bond donors (Lipinski definition) is 2. The van der Waals surface area contributed by atoms with Crippen LogP contribution in [0.5, 0.6) is 0 Å². The first kappa shape index (κ1) is 12.8. The van der Waals surface area contributed by atoms with Gasteiger partial charge in [0.1, 0.15) is 0 Å². The maximum atomic E-state index is 6.47. The van der Waals surface area contributed by atoms with Crippen LogP contribution in [-0.4, -0.2) is 0 Å². The largest absolute Gasteiger partial charge is 0.398 e. The van der Waals surface area contributed by atoms with Crippen LogP contribution in [0.3, 0.4) is 0 Å². The van der Waals surface area contributed by atoms with Gasteiger partial charge < -0.3 is 11.5 Å². The van der Waals surface area contributed by atoms with Gasteiger partial charge in [-0.25, -0.2) is 0 Å². The molecule has 0 atom stereocenters. The van der Waals surface area contributed by atoms with Crippen LogP contribution in [-0.2, 0) is 12.8 Å². The van der Waals surface area contributed by atoms with Gasteiger partial charge in [-0.15, -0.1) is 0 Å². The Labute approximate surface area is 119 Å². The van der Waals surface area contributed by atoms with Crippen molar-refractivity contribution >= 4 is 32.9 Å². The summed E-state index contributed by atoms with van der Waals surface area (Å²) in [7, 11) is 0. The fraction of sp³-hybridized carbons (Fsp3) is 0.222. The summed E-state index contributed by atoms with van der Waals surface area (Å²) in [6, 6.07) is 12.5. The Morgan fingerprint density at radius 1 is 0.700 bits per heavy atom. The highest BCUT2D eigenvalue weighted by Crippen LogP contribution is 2.39. The Kier molecular flexibility index (Phi) is 3.01. The van der Waals surface area contributed by atoms with Gasteiger partial charge in [-0.05, 0) is 24.0 Å². The molecule has 0 aliphatic heterocycles. The van der Waals surface area contributed by atoms with E-state index < -0.39 is 0 Å². The third-order valence-electron chi connectivity index (χ3n) is 4.18. The normalized spacial score (nSPS) is 11.3. The van der Waals surface area contributed by atoms with Crippen molar-refractivity contribution in [1.82, 2.24) is 0 Å². The Balaban J connectivity index is 2.61. The first-order chi connectivity index (χ1) is 9.69. The van der Waals surface area contributed by atoms with Crippen LogP contribution >= 0.6 is 0 Å². The van der Waals surface area contributed by atoms with E-state index in [1.807, 2.05) is 0 Å². The number of fused-ring (bicyclic) bond motifs is 2. The van der Waals surface area contributed by atoms with E-state index in [1.54, 1.807) is 0 Å². The number of benzene rings is 3. The average Bonchev–Trinajstić information content (AvgIpc) is 2.50. The lowest BCUT2D eigenvalue weighted by molar-refractivity contribution is 1.16. The first-order valence-corrected chi connectivity index (χ1v) is 7.19. The minimum absolute atomic E-state index is 0.858. The van der Waals surface area contributed by atoms with Gasteiger partial charge in [-0.3, -0.25) is 0 Å². The molecule has 3 aromatic rings. The zero-order valence-corrected chi connectivity index (χ0v) is 12.0. The van der Waals surface area contributed by atoms with Gasteiger partial charge in [0.15, 0.2) is 0 Å². The molecule has 20 heavy (non-hydrogen) atoms. The van der Waals surface area contributed by atoms with E-state index in [4.69, 9.17) is 11.5 Å². The van der Waals surface area contributed by atoms with Gasteiger partial charge >= 0.3 is 0 Å². The predicted molar refractivity (Wildman–Crippen MR) is 89.0 cm³/mol. The van der Waals surface area contributed by atoms with Crippen LogP contribution < -0.4 is 11.5 Å². The Hall–Kier alpha value is -2.22. The first-order valence-electron chi connectivity index (χ1n) is 7.19. The van der Waals surface area contributed by atoms with Gasteiger partial charge in [0.25, 0.3) is 0 Å². The lowest BCUT2D eigenvalue weighted by Gasteiger charge is -2.16. The van der Waals surface area contributed by atoms with Gasteiger partial charge in [0.2, 0.25) is 0 Å². The summed E-state index contributed by atoms with van der Waals surface area (Å²) in [5, 5.41) is 4.40. The minimum Gasteiger partial charge on any atom is -0.398 e. The molecule has 4 N–H and O–H groups in total. The van der Waals surface area contributed by atoms with E-state index >= 15 is 0 Å². The highest BCUT2D eigenvalue weighted by atomic mass is 14.6. The molecule has 0 amide bonds. The maximum Gasteiger partial charge on any atom is 0.0477 e. The topological polar surface area (TPSA) is 52.0 Å². The minimum atomic E-state index is 0.858. The number of aryl methyl sites for hydroxylation is 2. The summed E-state index contributed by atoms with van der Waals surface area (Å²) >= 11 is 0. The molecule has 0 radical (unpaired) electrons. The number of nitrogen functional groups attached to an aromatic ring is 2. The molecule has 102 valence electrons. The predicted octanol–water partition coefficient (Wildman–Crippen LogP) is 4.28. The molecular formula is C18H20N2. The fourth-order valence-corrected chi connectivity index (χ4v) is 3.14. The third kappa shape index (κ3) is 1.64. The molecule has 3 rings (SSSR count). The molecular weight excluding hydrogens is 244 g/mol. The number of anilines is 2. The van der Waals surface area contributed by atoms with E-state index in [2.05, 4.69) is 50.2 Å². The quantitative estimate of drug-likeness (QED) is 0.412. The molecule has 0 heterocycles. The summed E-state index contributed by atoms with van der Waals surface area (Å²) in [5.74, 6) is 0. The van der Waals surface area contributed by atoms with Crippen LogP contribution in [0.2, 0.25) is 0 Å². The van der Waals surface area contributed by atoms with Crippen LogP contribution in [0, 0.1) is 0 Å². The van der Waals surface area contributed by atoms with E-state index in [1.165, 1.54) is 11.1 Å². The second-order valence-corrected chi connectivity index (χ2v) is 5.21. The van der Waals surface area contributed by atoms with Gasteiger partial charge in [0, 0.05) is 32.9 Å². The molecule has 3 aromatic carbocycles. The van der Waals surface area contributed by atoms with Crippen LogP contribution in [0.15, 0.2) is 36.4 Å². The van der Waals surface area contributed by atoms with Gasteiger partial charge in [0.05, 0.1) is 0 Å². The molecule has 0 aliphatic rings. The molecule has 0 saturated heterocycles. The standard InChI is InChI=1S/C18H20N2/c1-3-11-7-5-9-13-15(11)17(19)14-10-6-8-12(4-2)16(14)18(13)20/h5-10H,3-4,19-20H2,1-2H3. The lowest BCUT2D eigenvalue weighted by atomic mass is 9.92. The number of nitrogens with two attached hydrogens (primary N) is 2. The zero-order valence-electron chi connectivity index (χ0n) is 12.0. The second-order valence-electron chi connectivity index (χ2n) is 5.21. The Bertz CT molecular complexity index is 734. The van der Waals surface area contributed by atoms with Crippen LogP contribution in [0.4, 0.5) is 11.4 Å². The van der Waals surface area contributed by atoms with Crippen molar-refractivity contribution in [2.24, 2.45) is 0 Å². The molecule has 2 heteroatoms. The van der Waals surface area contributed by atoms with Crippen LogP contribution in [0.1, 0.15) is 25.0 Å². The second kappa shape index (κ2) is 4.71. The van der Waals surface area contributed by atoms with E-state index in [9.17, 15) is 0 Å². The molecule has 0 saturated carbocycles. The van der Waals surface area contributed by atoms with E-state index in [-0.39, 0.29) is 0 Å². The molecule has 2 nitrogen and oxygen atoms in total. The Morgan fingerprint density at radius 3 is 1.45 bits per heavy atom. The number of hydrogen-bond acceptors (Lipinski definition) is 2. The molecule has 0 unspecified atom stereocenters. The molecule has 0 spiro atoms. The van der Waals surface area contributed by atoms with Crippen molar-refractivity contribution in [2.75, 3.05) is 11.5 Å². The molecule has 0 fully saturated rings. The summed E-state index contributed by atoms with van der Waals surface area (Å²) in [6.45, 7) is 4.30. The lowest BCUT2D eigenvalue weighted by Crippen LogP contribution is -2.00. The maximum absolute atomic E-state index is 6.47. The summed E-state index contributed by atoms with van der Waals surface area (Å²) in [6.07, 6.45) is 1.92. The van der Waals surface area contributed by atoms with Crippen molar-refractivity contribution in [1.29, 1.82) is 0 Å².